The Labute approximate surface area is 170 Å². The molecule has 0 fully saturated rings. The van der Waals surface area contributed by atoms with Gasteiger partial charge in [-0.25, -0.2) is 0 Å². The summed E-state index contributed by atoms with van der Waals surface area (Å²) in [5, 5.41) is 14.7. The predicted molar refractivity (Wildman–Crippen MR) is 113 cm³/mol. The van der Waals surface area contributed by atoms with Crippen LogP contribution in [0.3, 0.4) is 0 Å². The summed E-state index contributed by atoms with van der Waals surface area (Å²) in [6.45, 7) is 3.55. The number of benzene rings is 1. The van der Waals surface area contributed by atoms with Crippen molar-refractivity contribution >= 4 is 21.9 Å². The van der Waals surface area contributed by atoms with Gasteiger partial charge in [-0.2, -0.15) is 5.26 Å². The van der Waals surface area contributed by atoms with Crippen LogP contribution in [0.5, 0.6) is 0 Å². The number of nitriles is 1. The van der Waals surface area contributed by atoms with E-state index < -0.39 is 0 Å². The lowest BCUT2D eigenvalue weighted by atomic mass is 10.1. The van der Waals surface area contributed by atoms with E-state index >= 15 is 0 Å². The highest BCUT2D eigenvalue weighted by atomic mass is 79.9. The van der Waals surface area contributed by atoms with Crippen LogP contribution in [0.15, 0.2) is 52.1 Å². The maximum atomic E-state index is 8.88. The third-order valence-electron chi connectivity index (χ3n) is 4.20. The van der Waals surface area contributed by atoms with E-state index in [0.717, 1.165) is 48.8 Å². The summed E-state index contributed by atoms with van der Waals surface area (Å²) in [6.07, 6.45) is 8.72. The number of aliphatic imine (C=N–C) groups is 1. The highest BCUT2D eigenvalue weighted by Gasteiger charge is 2.02. The molecule has 142 valence electrons. The lowest BCUT2D eigenvalue weighted by molar-refractivity contribution is 0.690. The number of aryl methyl sites for hydroxylation is 3. The maximum Gasteiger partial charge on any atom is 0.204 e. The number of nitrogens with zero attached hydrogens (tertiary/aromatic N) is 3. The fourth-order valence-electron chi connectivity index (χ4n) is 2.77. The van der Waals surface area contributed by atoms with Crippen molar-refractivity contribution in [3.05, 3.63) is 63.9 Å². The lowest BCUT2D eigenvalue weighted by Crippen LogP contribution is -2.35. The molecular weight excluding hydrogens is 402 g/mol. The van der Waals surface area contributed by atoms with Gasteiger partial charge in [-0.05, 0) is 72.2 Å². The summed E-state index contributed by atoms with van der Waals surface area (Å²) in [6, 6.07) is 12.5. The van der Waals surface area contributed by atoms with E-state index in [9.17, 15) is 0 Å². The molecule has 2 aromatic rings. The Morgan fingerprint density at radius 2 is 2.00 bits per heavy atom. The zero-order chi connectivity index (χ0) is 19.3. The molecule has 6 heteroatoms. The van der Waals surface area contributed by atoms with Crippen molar-refractivity contribution in [2.24, 2.45) is 4.99 Å². The molecule has 0 atom stereocenters. The van der Waals surface area contributed by atoms with Gasteiger partial charge in [0.15, 0.2) is 6.19 Å². The van der Waals surface area contributed by atoms with E-state index in [-0.39, 0.29) is 0 Å². The van der Waals surface area contributed by atoms with Crippen molar-refractivity contribution in [3.8, 4) is 6.19 Å². The molecule has 1 aromatic heterocycles. The number of nitrogens with one attached hydrogen (secondary N) is 2. The van der Waals surface area contributed by atoms with Crippen LogP contribution in [0.2, 0.25) is 0 Å². The Bertz CT molecular complexity index is 768. The van der Waals surface area contributed by atoms with Crippen LogP contribution in [0.25, 0.3) is 0 Å². The van der Waals surface area contributed by atoms with Gasteiger partial charge in [-0.15, -0.1) is 0 Å². The molecule has 0 aliphatic heterocycles. The molecule has 0 saturated heterocycles. The molecule has 0 aliphatic rings. The molecule has 0 bridgehead atoms. The van der Waals surface area contributed by atoms with Gasteiger partial charge >= 0.3 is 0 Å². The van der Waals surface area contributed by atoms with Crippen molar-refractivity contribution in [2.75, 3.05) is 13.1 Å². The minimum Gasteiger partial charge on any atom is -0.356 e. The smallest absolute Gasteiger partial charge is 0.204 e. The number of guanidine groups is 1. The molecule has 1 aromatic carbocycles. The standard InChI is InChI=1S/C21H26BrN5/c1-17-14-19(22)15-26-20(17)11-5-6-12-24-21(27-16-23)25-13-7-10-18-8-3-2-4-9-18/h2-4,8-9,14-15H,5-7,10-13H2,1H3,(H2,24,25,27). The lowest BCUT2D eigenvalue weighted by Gasteiger charge is -2.09. The number of halogens is 1. The molecule has 5 nitrogen and oxygen atoms in total. The Morgan fingerprint density at radius 3 is 2.74 bits per heavy atom. The van der Waals surface area contributed by atoms with Crippen molar-refractivity contribution < 1.29 is 0 Å². The SMILES string of the molecule is Cc1cc(Br)cnc1CCCCNC(=NCCCc1ccccc1)NC#N. The normalized spacial score (nSPS) is 11.1. The zero-order valence-electron chi connectivity index (χ0n) is 15.7. The van der Waals surface area contributed by atoms with E-state index in [1.54, 1.807) is 0 Å². The monoisotopic (exact) mass is 427 g/mol. The highest BCUT2D eigenvalue weighted by Crippen LogP contribution is 2.14. The van der Waals surface area contributed by atoms with Crippen molar-refractivity contribution in [1.82, 2.24) is 15.6 Å². The first kappa shape index (κ1) is 20.9. The summed E-state index contributed by atoms with van der Waals surface area (Å²) in [4.78, 5) is 8.93. The van der Waals surface area contributed by atoms with E-state index in [0.29, 0.717) is 12.5 Å². The summed E-state index contributed by atoms with van der Waals surface area (Å²) in [7, 11) is 0. The van der Waals surface area contributed by atoms with Crippen LogP contribution < -0.4 is 10.6 Å². The molecule has 0 unspecified atom stereocenters. The number of unbranched alkanes of at least 4 members (excludes halogenated alkanes) is 1. The van der Waals surface area contributed by atoms with Gasteiger partial charge in [0.2, 0.25) is 5.96 Å². The van der Waals surface area contributed by atoms with Crippen molar-refractivity contribution in [3.63, 3.8) is 0 Å². The maximum absolute atomic E-state index is 8.88. The largest absolute Gasteiger partial charge is 0.356 e. The first-order chi connectivity index (χ1) is 13.2. The van der Waals surface area contributed by atoms with Crippen LogP contribution in [-0.4, -0.2) is 24.0 Å². The predicted octanol–water partition coefficient (Wildman–Crippen LogP) is 4.12. The Balaban J connectivity index is 1.66. The fraction of sp³-hybridized carbons (Fsp3) is 0.381. The van der Waals surface area contributed by atoms with Crippen LogP contribution in [0.4, 0.5) is 0 Å². The molecule has 1 heterocycles. The Morgan fingerprint density at radius 1 is 1.19 bits per heavy atom. The molecule has 0 saturated carbocycles. The van der Waals surface area contributed by atoms with E-state index in [1.165, 1.54) is 11.1 Å². The van der Waals surface area contributed by atoms with Gasteiger partial charge in [0.25, 0.3) is 0 Å². The van der Waals surface area contributed by atoms with E-state index in [1.807, 2.05) is 30.6 Å². The zero-order valence-corrected chi connectivity index (χ0v) is 17.3. The van der Waals surface area contributed by atoms with Gasteiger partial charge in [-0.3, -0.25) is 15.3 Å². The summed E-state index contributed by atoms with van der Waals surface area (Å²) < 4.78 is 1.01. The molecule has 27 heavy (non-hydrogen) atoms. The second-order valence-corrected chi connectivity index (χ2v) is 7.27. The van der Waals surface area contributed by atoms with Crippen molar-refractivity contribution in [2.45, 2.75) is 39.0 Å². The Kier molecular flexibility index (Phi) is 9.36. The van der Waals surface area contributed by atoms with Crippen LogP contribution in [0, 0.1) is 18.4 Å². The molecule has 0 aliphatic carbocycles. The third-order valence-corrected chi connectivity index (χ3v) is 4.63. The average molecular weight is 428 g/mol. The van der Waals surface area contributed by atoms with Crippen LogP contribution in [0.1, 0.15) is 36.1 Å². The number of aromatic nitrogens is 1. The first-order valence-electron chi connectivity index (χ1n) is 9.27. The topological polar surface area (TPSA) is 73.1 Å². The second-order valence-electron chi connectivity index (χ2n) is 6.36. The molecular formula is C21H26BrN5. The second kappa shape index (κ2) is 12.1. The number of hydrogen-bond donors (Lipinski definition) is 2. The first-order valence-corrected chi connectivity index (χ1v) is 10.1. The average Bonchev–Trinajstić information content (AvgIpc) is 2.67. The van der Waals surface area contributed by atoms with E-state index in [4.69, 9.17) is 5.26 Å². The minimum absolute atomic E-state index is 0.559. The van der Waals surface area contributed by atoms with Crippen LogP contribution >= 0.6 is 15.9 Å². The molecule has 2 N–H and O–H groups in total. The minimum atomic E-state index is 0.559. The Hall–Kier alpha value is -2.39. The molecule has 0 spiro atoms. The van der Waals surface area contributed by atoms with Gasteiger partial charge in [0.1, 0.15) is 0 Å². The number of rotatable bonds is 9. The summed E-state index contributed by atoms with van der Waals surface area (Å²) >= 11 is 3.44. The fourth-order valence-corrected chi connectivity index (χ4v) is 3.21. The summed E-state index contributed by atoms with van der Waals surface area (Å²) in [5.41, 5.74) is 3.67. The molecule has 2 rings (SSSR count). The van der Waals surface area contributed by atoms with Gasteiger partial charge in [0.05, 0.1) is 0 Å². The highest BCUT2D eigenvalue weighted by molar-refractivity contribution is 9.10. The van der Waals surface area contributed by atoms with Gasteiger partial charge < -0.3 is 5.32 Å². The quantitative estimate of drug-likeness (QED) is 0.207. The summed E-state index contributed by atoms with van der Waals surface area (Å²) in [5.74, 6) is 0.559. The molecule has 0 radical (unpaired) electrons. The number of hydrogen-bond acceptors (Lipinski definition) is 3. The van der Waals surface area contributed by atoms with Gasteiger partial charge in [0, 0.05) is 29.5 Å². The van der Waals surface area contributed by atoms with Crippen LogP contribution in [-0.2, 0) is 12.8 Å². The van der Waals surface area contributed by atoms with Crippen molar-refractivity contribution in [1.29, 1.82) is 5.26 Å². The van der Waals surface area contributed by atoms with E-state index in [2.05, 4.69) is 61.7 Å². The van der Waals surface area contributed by atoms with Gasteiger partial charge in [-0.1, -0.05) is 30.3 Å². The molecule has 0 amide bonds. The number of pyridine rings is 1. The third kappa shape index (κ3) is 8.23.